The highest BCUT2D eigenvalue weighted by molar-refractivity contribution is 7.07. The van der Waals surface area contributed by atoms with Gasteiger partial charge in [-0.25, -0.2) is 0 Å². The van der Waals surface area contributed by atoms with Crippen LogP contribution in [0.3, 0.4) is 0 Å². The van der Waals surface area contributed by atoms with Crippen LogP contribution < -0.4 is 0 Å². The van der Waals surface area contributed by atoms with E-state index in [0.717, 1.165) is 12.8 Å². The summed E-state index contributed by atoms with van der Waals surface area (Å²) in [6, 6.07) is 2.24. The fourth-order valence-corrected chi connectivity index (χ4v) is 4.25. The van der Waals surface area contributed by atoms with Crippen LogP contribution in [0.5, 0.6) is 0 Å². The summed E-state index contributed by atoms with van der Waals surface area (Å²) in [7, 11) is 0. The molecule has 1 rings (SSSR count). The van der Waals surface area contributed by atoms with Crippen LogP contribution in [0.25, 0.3) is 0 Å². The third-order valence-corrected chi connectivity index (χ3v) is 6.38. The average molecular weight is 437 g/mol. The van der Waals surface area contributed by atoms with E-state index in [1.165, 1.54) is 85.6 Å². The van der Waals surface area contributed by atoms with Gasteiger partial charge in [-0.1, -0.05) is 46.6 Å². The first-order valence-corrected chi connectivity index (χ1v) is 13.0. The number of hydrogen-bond acceptors (Lipinski definition) is 1. The highest BCUT2D eigenvalue weighted by Crippen LogP contribution is 2.15. The highest BCUT2D eigenvalue weighted by atomic mass is 32.1. The molecular formula is C30H44S. The monoisotopic (exact) mass is 436 g/mol. The summed E-state index contributed by atoms with van der Waals surface area (Å²) in [6.45, 7) is 11.0. The molecule has 0 nitrogen and oxygen atoms in total. The minimum Gasteiger partial charge on any atom is -0.152 e. The smallest absolute Gasteiger partial charge is 0.00916 e. The Morgan fingerprint density at radius 2 is 1.29 bits per heavy atom. The molecule has 0 aliphatic carbocycles. The van der Waals surface area contributed by atoms with Crippen LogP contribution in [-0.2, 0) is 6.42 Å². The van der Waals surface area contributed by atoms with Crippen molar-refractivity contribution in [3.05, 3.63) is 69.0 Å². The molecule has 0 radical (unpaired) electrons. The van der Waals surface area contributed by atoms with Crippen molar-refractivity contribution in [1.82, 2.24) is 0 Å². The lowest BCUT2D eigenvalue weighted by Crippen LogP contribution is -1.84. The van der Waals surface area contributed by atoms with Gasteiger partial charge >= 0.3 is 0 Å². The molecule has 1 heterocycles. The Balaban J connectivity index is 2.17. The van der Waals surface area contributed by atoms with Crippen molar-refractivity contribution in [2.75, 3.05) is 0 Å². The minimum absolute atomic E-state index is 1.03. The average Bonchev–Trinajstić information content (AvgIpc) is 3.25. The predicted molar refractivity (Wildman–Crippen MR) is 143 cm³/mol. The van der Waals surface area contributed by atoms with Gasteiger partial charge in [-0.15, -0.1) is 11.8 Å². The third kappa shape index (κ3) is 15.6. The quantitative estimate of drug-likeness (QED) is 0.146. The maximum atomic E-state index is 3.15. The lowest BCUT2D eigenvalue weighted by atomic mass is 10.0. The topological polar surface area (TPSA) is 0 Å². The number of rotatable bonds is 15. The second-order valence-electron chi connectivity index (χ2n) is 8.77. The van der Waals surface area contributed by atoms with E-state index in [-0.39, 0.29) is 0 Å². The largest absolute Gasteiger partial charge is 0.152 e. The van der Waals surface area contributed by atoms with Crippen molar-refractivity contribution in [1.29, 1.82) is 0 Å². The van der Waals surface area contributed by atoms with Crippen LogP contribution in [0.2, 0.25) is 0 Å². The molecule has 0 fully saturated rings. The summed E-state index contributed by atoms with van der Waals surface area (Å²) in [6.07, 6.45) is 22.5. The molecule has 0 aliphatic heterocycles. The number of allylic oxidation sites excluding steroid dienone is 8. The second kappa shape index (κ2) is 17.9. The normalized spacial score (nSPS) is 13.3. The Kier molecular flexibility index (Phi) is 15.7. The summed E-state index contributed by atoms with van der Waals surface area (Å²) in [5, 5.41) is 4.43. The van der Waals surface area contributed by atoms with Crippen molar-refractivity contribution in [2.24, 2.45) is 0 Å². The molecule has 0 bridgehead atoms. The van der Waals surface area contributed by atoms with Gasteiger partial charge in [-0.2, -0.15) is 11.3 Å². The van der Waals surface area contributed by atoms with Crippen LogP contribution in [0.1, 0.15) is 104 Å². The van der Waals surface area contributed by atoms with Gasteiger partial charge in [0.2, 0.25) is 0 Å². The van der Waals surface area contributed by atoms with Gasteiger partial charge in [0.15, 0.2) is 0 Å². The molecule has 31 heavy (non-hydrogen) atoms. The van der Waals surface area contributed by atoms with Crippen molar-refractivity contribution >= 4 is 11.3 Å². The second-order valence-corrected chi connectivity index (χ2v) is 9.55. The van der Waals surface area contributed by atoms with E-state index in [2.05, 4.69) is 80.7 Å². The molecule has 1 aromatic heterocycles. The molecule has 1 heteroatoms. The first-order valence-electron chi connectivity index (χ1n) is 12.0. The number of aryl methyl sites for hydroxylation is 1. The number of hydrogen-bond donors (Lipinski definition) is 0. The zero-order valence-corrected chi connectivity index (χ0v) is 21.5. The molecule has 1 aromatic rings. The fourth-order valence-electron chi connectivity index (χ4n) is 3.55. The predicted octanol–water partition coefficient (Wildman–Crippen LogP) is 10.0. The first-order chi connectivity index (χ1) is 15.0. The van der Waals surface area contributed by atoms with Gasteiger partial charge in [0, 0.05) is 6.42 Å². The number of unbranched alkanes of at least 4 members (excludes halogenated alkanes) is 1. The van der Waals surface area contributed by atoms with E-state index >= 15 is 0 Å². The summed E-state index contributed by atoms with van der Waals surface area (Å²) < 4.78 is 0. The zero-order chi connectivity index (χ0) is 22.7. The van der Waals surface area contributed by atoms with Crippen molar-refractivity contribution in [3.63, 3.8) is 0 Å². The maximum absolute atomic E-state index is 3.15. The van der Waals surface area contributed by atoms with E-state index in [4.69, 9.17) is 0 Å². The Morgan fingerprint density at radius 1 is 0.774 bits per heavy atom. The van der Waals surface area contributed by atoms with Gasteiger partial charge in [0.05, 0.1) is 0 Å². The molecule has 0 unspecified atom stereocenters. The number of thiophene rings is 1. The van der Waals surface area contributed by atoms with Crippen LogP contribution in [-0.4, -0.2) is 0 Å². The van der Waals surface area contributed by atoms with E-state index in [1.807, 2.05) is 6.92 Å². The van der Waals surface area contributed by atoms with Crippen LogP contribution >= 0.6 is 11.3 Å². The molecule has 0 N–H and O–H groups in total. The summed E-state index contributed by atoms with van der Waals surface area (Å²) in [4.78, 5) is 0. The van der Waals surface area contributed by atoms with Gasteiger partial charge < -0.3 is 0 Å². The van der Waals surface area contributed by atoms with Gasteiger partial charge in [-0.3, -0.25) is 0 Å². The van der Waals surface area contributed by atoms with E-state index in [9.17, 15) is 0 Å². The van der Waals surface area contributed by atoms with Gasteiger partial charge in [0.1, 0.15) is 0 Å². The molecule has 0 atom stereocenters. The van der Waals surface area contributed by atoms with Crippen molar-refractivity contribution in [3.8, 4) is 11.8 Å². The van der Waals surface area contributed by atoms with E-state index in [0.29, 0.717) is 0 Å². The van der Waals surface area contributed by atoms with Crippen LogP contribution in [0, 0.1) is 11.8 Å². The maximum Gasteiger partial charge on any atom is 0.00916 e. The van der Waals surface area contributed by atoms with E-state index < -0.39 is 0 Å². The molecular weight excluding hydrogens is 392 g/mol. The van der Waals surface area contributed by atoms with Crippen molar-refractivity contribution in [2.45, 2.75) is 105 Å². The molecule has 0 saturated heterocycles. The first kappa shape index (κ1) is 27.3. The van der Waals surface area contributed by atoms with Crippen LogP contribution in [0.15, 0.2) is 63.4 Å². The molecule has 0 aromatic carbocycles. The molecule has 0 saturated carbocycles. The Labute approximate surface area is 197 Å². The van der Waals surface area contributed by atoms with E-state index in [1.54, 1.807) is 11.3 Å². The SMILES string of the molecule is CC#CCCC/C(C)=C/CC/C(C)=C/CC/C(C)=C/CC/C(C)=C/CCc1ccsc1. The van der Waals surface area contributed by atoms with Crippen molar-refractivity contribution < 1.29 is 0 Å². The van der Waals surface area contributed by atoms with Gasteiger partial charge in [-0.05, 0) is 121 Å². The zero-order valence-electron chi connectivity index (χ0n) is 20.7. The third-order valence-electron chi connectivity index (χ3n) is 5.65. The molecule has 0 spiro atoms. The summed E-state index contributed by atoms with van der Waals surface area (Å²) >= 11 is 1.79. The summed E-state index contributed by atoms with van der Waals surface area (Å²) in [5.41, 5.74) is 7.56. The molecule has 0 aliphatic rings. The van der Waals surface area contributed by atoms with Gasteiger partial charge in [0.25, 0.3) is 0 Å². The fraction of sp³-hybridized carbons (Fsp3) is 0.533. The summed E-state index contributed by atoms with van der Waals surface area (Å²) in [5.74, 6) is 6.12. The Bertz CT molecular complexity index is 772. The minimum atomic E-state index is 1.03. The lowest BCUT2D eigenvalue weighted by molar-refractivity contribution is 0.832. The Hall–Kier alpha value is -1.78. The highest BCUT2D eigenvalue weighted by Gasteiger charge is 1.96. The van der Waals surface area contributed by atoms with Crippen LogP contribution in [0.4, 0.5) is 0 Å². The standard InChI is InChI=1S/C30H44S/c1-6-7-8-9-14-26(2)15-10-16-27(3)17-11-18-28(4)19-12-20-29(5)21-13-22-30-23-24-31-25-30/h15,17,19,21,23-25H,8-14,16,18,20,22H2,1-5H3/b26-15+,27-17+,28-19+,29-21+. The molecule has 170 valence electrons. The molecule has 0 amide bonds. The lowest BCUT2D eigenvalue weighted by Gasteiger charge is -2.03. The Morgan fingerprint density at radius 3 is 1.77 bits per heavy atom.